The molecule has 0 spiro atoms. The Kier molecular flexibility index (Phi) is 3.74. The van der Waals surface area contributed by atoms with E-state index in [1.807, 2.05) is 0 Å². The van der Waals surface area contributed by atoms with Crippen molar-refractivity contribution in [3.63, 3.8) is 0 Å². The van der Waals surface area contributed by atoms with Gasteiger partial charge in [0.05, 0.1) is 5.02 Å². The van der Waals surface area contributed by atoms with Crippen LogP contribution in [0.5, 0.6) is 0 Å². The summed E-state index contributed by atoms with van der Waals surface area (Å²) >= 11 is 7.15. The second-order valence-electron chi connectivity index (χ2n) is 3.53. The highest BCUT2D eigenvalue weighted by Crippen LogP contribution is 2.31. The predicted octanol–water partition coefficient (Wildman–Crippen LogP) is 2.57. The van der Waals surface area contributed by atoms with Crippen LogP contribution < -0.4 is 11.5 Å². The van der Waals surface area contributed by atoms with Crippen LogP contribution in [0.1, 0.15) is 10.4 Å². The first-order valence-electron chi connectivity index (χ1n) is 5.05. The summed E-state index contributed by atoms with van der Waals surface area (Å²) < 4.78 is 0. The van der Waals surface area contributed by atoms with Gasteiger partial charge >= 0.3 is 0 Å². The molecular weight excluding hydrogens is 270 g/mol. The molecule has 2 rings (SSSR count). The third kappa shape index (κ3) is 2.94. The van der Waals surface area contributed by atoms with Crippen molar-refractivity contribution in [2.75, 3.05) is 5.73 Å². The van der Waals surface area contributed by atoms with Gasteiger partial charge in [0.1, 0.15) is 5.03 Å². The highest BCUT2D eigenvalue weighted by molar-refractivity contribution is 7.99. The number of primary amides is 1. The van der Waals surface area contributed by atoms with Crippen LogP contribution in [0.3, 0.4) is 0 Å². The van der Waals surface area contributed by atoms with Gasteiger partial charge in [0.15, 0.2) is 0 Å². The molecular formula is C12H10ClN3OS. The van der Waals surface area contributed by atoms with E-state index >= 15 is 0 Å². The fourth-order valence-electron chi connectivity index (χ4n) is 1.33. The number of halogens is 1. The summed E-state index contributed by atoms with van der Waals surface area (Å²) in [6, 6.07) is 8.49. The summed E-state index contributed by atoms with van der Waals surface area (Å²) in [6.45, 7) is 0. The van der Waals surface area contributed by atoms with Crippen molar-refractivity contribution in [1.82, 2.24) is 4.98 Å². The number of carbonyl (C=O) groups is 1. The highest BCUT2D eigenvalue weighted by atomic mass is 35.5. The van der Waals surface area contributed by atoms with Gasteiger partial charge in [-0.2, -0.15) is 0 Å². The summed E-state index contributed by atoms with van der Waals surface area (Å²) in [4.78, 5) is 16.0. The number of nitrogens with zero attached hydrogens (tertiary/aromatic N) is 1. The summed E-state index contributed by atoms with van der Waals surface area (Å²) in [6.07, 6.45) is 1.57. The van der Waals surface area contributed by atoms with Crippen LogP contribution in [0, 0.1) is 0 Å². The van der Waals surface area contributed by atoms with Crippen molar-refractivity contribution in [1.29, 1.82) is 0 Å². The number of amides is 1. The first-order valence-corrected chi connectivity index (χ1v) is 6.24. The summed E-state index contributed by atoms with van der Waals surface area (Å²) in [5, 5.41) is 1.36. The molecule has 2 aromatic rings. The lowest BCUT2D eigenvalue weighted by Gasteiger charge is -2.06. The topological polar surface area (TPSA) is 82.0 Å². The normalized spacial score (nSPS) is 10.3. The molecule has 1 amide bonds. The molecule has 0 atom stereocenters. The number of nitrogens with two attached hydrogens (primary N) is 2. The van der Waals surface area contributed by atoms with Crippen molar-refractivity contribution >= 4 is 35.0 Å². The minimum Gasteiger partial charge on any atom is -0.398 e. The minimum absolute atomic E-state index is 0.390. The number of carbonyl (C=O) groups excluding carboxylic acids is 1. The molecule has 0 aliphatic carbocycles. The maximum Gasteiger partial charge on any atom is 0.248 e. The van der Waals surface area contributed by atoms with Gasteiger partial charge in [-0.25, -0.2) is 4.98 Å². The van der Waals surface area contributed by atoms with E-state index in [9.17, 15) is 4.79 Å². The second kappa shape index (κ2) is 5.29. The Bertz CT molecular complexity index is 586. The van der Waals surface area contributed by atoms with Crippen molar-refractivity contribution in [3.8, 4) is 0 Å². The Morgan fingerprint density at radius 1 is 1.28 bits per heavy atom. The molecule has 0 saturated heterocycles. The Morgan fingerprint density at radius 3 is 2.61 bits per heavy atom. The van der Waals surface area contributed by atoms with Crippen molar-refractivity contribution < 1.29 is 4.79 Å². The van der Waals surface area contributed by atoms with Crippen molar-refractivity contribution in [2.24, 2.45) is 5.73 Å². The zero-order chi connectivity index (χ0) is 13.1. The standard InChI is InChI=1S/C12H10ClN3OS/c13-8-2-4-11(16-6-8)18-10-3-1-7(12(15)17)5-9(10)14/h1-6H,14H2,(H2,15,17). The molecule has 0 aliphatic heterocycles. The number of hydrogen-bond donors (Lipinski definition) is 2. The number of benzene rings is 1. The summed E-state index contributed by atoms with van der Waals surface area (Å²) in [7, 11) is 0. The average Bonchev–Trinajstić information content (AvgIpc) is 2.34. The summed E-state index contributed by atoms with van der Waals surface area (Å²) in [5.74, 6) is -0.497. The molecule has 0 aliphatic rings. The summed E-state index contributed by atoms with van der Waals surface area (Å²) in [5.41, 5.74) is 11.9. The van der Waals surface area contributed by atoms with Crippen LogP contribution in [0.2, 0.25) is 5.02 Å². The highest BCUT2D eigenvalue weighted by Gasteiger charge is 2.07. The zero-order valence-corrected chi connectivity index (χ0v) is 10.8. The van der Waals surface area contributed by atoms with E-state index in [4.69, 9.17) is 23.1 Å². The van der Waals surface area contributed by atoms with E-state index in [0.29, 0.717) is 16.3 Å². The van der Waals surface area contributed by atoms with Crippen LogP contribution in [0.4, 0.5) is 5.69 Å². The van der Waals surface area contributed by atoms with Gasteiger partial charge in [0.25, 0.3) is 0 Å². The molecule has 1 heterocycles. The number of hydrogen-bond acceptors (Lipinski definition) is 4. The molecule has 18 heavy (non-hydrogen) atoms. The molecule has 4 nitrogen and oxygen atoms in total. The Morgan fingerprint density at radius 2 is 2.06 bits per heavy atom. The van der Waals surface area contributed by atoms with Gasteiger partial charge in [0, 0.05) is 22.3 Å². The van der Waals surface area contributed by atoms with Crippen molar-refractivity contribution in [2.45, 2.75) is 9.92 Å². The molecule has 6 heteroatoms. The average molecular weight is 280 g/mol. The maximum absolute atomic E-state index is 11.0. The number of rotatable bonds is 3. The Labute approximate surface area is 113 Å². The van der Waals surface area contributed by atoms with Crippen LogP contribution >= 0.6 is 23.4 Å². The second-order valence-corrected chi connectivity index (χ2v) is 5.03. The monoisotopic (exact) mass is 279 g/mol. The molecule has 0 radical (unpaired) electrons. The predicted molar refractivity (Wildman–Crippen MR) is 72.7 cm³/mol. The number of anilines is 1. The number of pyridine rings is 1. The van der Waals surface area contributed by atoms with E-state index in [0.717, 1.165) is 9.92 Å². The van der Waals surface area contributed by atoms with Gasteiger partial charge in [-0.05, 0) is 30.3 Å². The van der Waals surface area contributed by atoms with Gasteiger partial charge in [0.2, 0.25) is 5.91 Å². The van der Waals surface area contributed by atoms with Crippen LogP contribution in [0.25, 0.3) is 0 Å². The Hall–Kier alpha value is -1.72. The van der Waals surface area contributed by atoms with Gasteiger partial charge in [-0.15, -0.1) is 0 Å². The lowest BCUT2D eigenvalue weighted by molar-refractivity contribution is 0.100. The lowest BCUT2D eigenvalue weighted by Crippen LogP contribution is -2.11. The molecule has 0 fully saturated rings. The van der Waals surface area contributed by atoms with Crippen LogP contribution in [0.15, 0.2) is 46.5 Å². The molecule has 0 unspecified atom stereocenters. The molecule has 1 aromatic heterocycles. The number of nitrogen functional groups attached to an aromatic ring is 1. The third-order valence-electron chi connectivity index (χ3n) is 2.21. The van der Waals surface area contributed by atoms with Gasteiger partial charge in [-0.3, -0.25) is 4.79 Å². The number of aromatic nitrogens is 1. The molecule has 0 bridgehead atoms. The van der Waals surface area contributed by atoms with E-state index in [2.05, 4.69) is 4.98 Å². The fraction of sp³-hybridized carbons (Fsp3) is 0. The third-order valence-corrected chi connectivity index (χ3v) is 3.47. The van der Waals surface area contributed by atoms with Crippen LogP contribution in [-0.2, 0) is 0 Å². The van der Waals surface area contributed by atoms with Gasteiger partial charge < -0.3 is 11.5 Å². The molecule has 92 valence electrons. The first-order chi connectivity index (χ1) is 8.56. The quantitative estimate of drug-likeness (QED) is 0.846. The molecule has 1 aromatic carbocycles. The Balaban J connectivity index is 2.24. The molecule has 0 saturated carbocycles. The van der Waals surface area contributed by atoms with Crippen molar-refractivity contribution in [3.05, 3.63) is 47.1 Å². The largest absolute Gasteiger partial charge is 0.398 e. The van der Waals surface area contributed by atoms with E-state index < -0.39 is 5.91 Å². The molecule has 4 N–H and O–H groups in total. The lowest BCUT2D eigenvalue weighted by atomic mass is 10.2. The maximum atomic E-state index is 11.0. The van der Waals surface area contributed by atoms with Gasteiger partial charge in [-0.1, -0.05) is 23.4 Å². The minimum atomic E-state index is -0.497. The van der Waals surface area contributed by atoms with E-state index in [-0.39, 0.29) is 0 Å². The fourth-order valence-corrected chi connectivity index (χ4v) is 2.22. The zero-order valence-electron chi connectivity index (χ0n) is 9.26. The first kappa shape index (κ1) is 12.7. The SMILES string of the molecule is NC(=O)c1ccc(Sc2ccc(Cl)cn2)c(N)c1. The smallest absolute Gasteiger partial charge is 0.248 e. The van der Waals surface area contributed by atoms with E-state index in [1.54, 1.807) is 36.5 Å². The van der Waals surface area contributed by atoms with Crippen LogP contribution in [-0.4, -0.2) is 10.9 Å². The van der Waals surface area contributed by atoms with E-state index in [1.165, 1.54) is 11.8 Å².